The van der Waals surface area contributed by atoms with Crippen molar-refractivity contribution < 1.29 is 14.3 Å². The molecule has 0 spiro atoms. The number of fused-ring (bicyclic) bond motifs is 2. The van der Waals surface area contributed by atoms with Crippen LogP contribution in [0.25, 0.3) is 0 Å². The van der Waals surface area contributed by atoms with Crippen LogP contribution in [0.15, 0.2) is 21.6 Å². The average molecular weight is 302 g/mol. The highest BCUT2D eigenvalue weighted by Crippen LogP contribution is 2.49. The largest absolute Gasteiger partial charge is 0.465 e. The summed E-state index contributed by atoms with van der Waals surface area (Å²) in [5.41, 5.74) is 0.649. The molecule has 2 aliphatic rings. The summed E-state index contributed by atoms with van der Waals surface area (Å²) < 4.78 is 4.66. The van der Waals surface area contributed by atoms with E-state index in [0.717, 1.165) is 12.8 Å². The smallest absolute Gasteiger partial charge is 0.348 e. The summed E-state index contributed by atoms with van der Waals surface area (Å²) in [5, 5.41) is 18.5. The van der Waals surface area contributed by atoms with Crippen LogP contribution in [-0.4, -0.2) is 25.1 Å². The van der Waals surface area contributed by atoms with E-state index in [1.54, 1.807) is 6.26 Å². The van der Waals surface area contributed by atoms with Gasteiger partial charge < -0.3 is 4.74 Å². The second-order valence-electron chi connectivity index (χ2n) is 4.89. The molecule has 1 fully saturated rings. The molecular formula is C15H14N2O3S. The Morgan fingerprint density at radius 1 is 1.33 bits per heavy atom. The number of nitrogens with zero attached hydrogens (tertiary/aromatic N) is 2. The maximum absolute atomic E-state index is 12.5. The van der Waals surface area contributed by atoms with E-state index in [0.29, 0.717) is 16.9 Å². The molecule has 2 unspecified atom stereocenters. The molecular weight excluding hydrogens is 288 g/mol. The van der Waals surface area contributed by atoms with Gasteiger partial charge in [-0.25, -0.2) is 4.79 Å². The number of thioether (sulfide) groups is 1. The minimum absolute atomic E-state index is 0.0795. The van der Waals surface area contributed by atoms with Crippen molar-refractivity contribution in [1.29, 1.82) is 10.5 Å². The third-order valence-electron chi connectivity index (χ3n) is 3.98. The van der Waals surface area contributed by atoms with Gasteiger partial charge in [0.1, 0.15) is 23.3 Å². The van der Waals surface area contributed by atoms with Crippen molar-refractivity contribution in [3.05, 3.63) is 21.6 Å². The van der Waals surface area contributed by atoms with Crippen LogP contribution in [0.3, 0.4) is 0 Å². The number of carbonyl (C=O) groups excluding carboxylic acids is 2. The van der Waals surface area contributed by atoms with Gasteiger partial charge in [0.2, 0.25) is 0 Å². The number of ether oxygens (including phenoxy) is 1. The number of hydrogen-bond acceptors (Lipinski definition) is 6. The average Bonchev–Trinajstić information content (AvgIpc) is 2.51. The molecule has 2 aliphatic carbocycles. The molecule has 2 bridgehead atoms. The van der Waals surface area contributed by atoms with E-state index in [-0.39, 0.29) is 22.8 Å². The number of esters is 1. The van der Waals surface area contributed by atoms with E-state index < -0.39 is 11.9 Å². The first-order chi connectivity index (χ1) is 10.1. The fraction of sp³-hybridized carbons (Fsp3) is 0.467. The Morgan fingerprint density at radius 2 is 2.00 bits per heavy atom. The summed E-state index contributed by atoms with van der Waals surface area (Å²) in [6.07, 6.45) is 3.95. The number of Topliss-reactive ketones (excluding diaryl/α,β-unsaturated/α-hetero) is 1. The molecule has 2 rings (SSSR count). The van der Waals surface area contributed by atoms with Crippen molar-refractivity contribution in [2.75, 3.05) is 13.4 Å². The van der Waals surface area contributed by atoms with Gasteiger partial charge in [0, 0.05) is 16.7 Å². The number of ketones is 1. The number of hydrogen-bond donors (Lipinski definition) is 0. The number of carbonyl (C=O) groups is 2. The van der Waals surface area contributed by atoms with Crippen molar-refractivity contribution in [1.82, 2.24) is 0 Å². The molecule has 21 heavy (non-hydrogen) atoms. The summed E-state index contributed by atoms with van der Waals surface area (Å²) >= 11 is 1.34. The Hall–Kier alpha value is -2.05. The summed E-state index contributed by atoms with van der Waals surface area (Å²) in [5.74, 6) is -1.72. The van der Waals surface area contributed by atoms with Gasteiger partial charge in [0.05, 0.1) is 7.11 Å². The van der Waals surface area contributed by atoms with Crippen LogP contribution in [0.2, 0.25) is 0 Å². The summed E-state index contributed by atoms with van der Waals surface area (Å²) in [6.45, 7) is 0. The van der Waals surface area contributed by atoms with Crippen LogP contribution >= 0.6 is 11.8 Å². The Kier molecular flexibility index (Phi) is 4.50. The first kappa shape index (κ1) is 15.3. The van der Waals surface area contributed by atoms with Crippen LogP contribution in [0.4, 0.5) is 0 Å². The maximum atomic E-state index is 12.5. The molecule has 108 valence electrons. The van der Waals surface area contributed by atoms with Crippen LogP contribution in [0, 0.1) is 34.5 Å². The summed E-state index contributed by atoms with van der Waals surface area (Å²) in [7, 11) is 1.21. The maximum Gasteiger partial charge on any atom is 0.348 e. The van der Waals surface area contributed by atoms with Crippen molar-refractivity contribution in [2.24, 2.45) is 11.8 Å². The van der Waals surface area contributed by atoms with Crippen LogP contribution in [0.5, 0.6) is 0 Å². The van der Waals surface area contributed by atoms with Gasteiger partial charge in [-0.3, -0.25) is 4.79 Å². The van der Waals surface area contributed by atoms with Crippen LogP contribution < -0.4 is 0 Å². The Morgan fingerprint density at radius 3 is 2.52 bits per heavy atom. The van der Waals surface area contributed by atoms with E-state index in [2.05, 4.69) is 4.74 Å². The first-order valence-corrected chi connectivity index (χ1v) is 7.78. The number of allylic oxidation sites excluding steroid dienone is 3. The molecule has 0 amide bonds. The highest BCUT2D eigenvalue weighted by molar-refractivity contribution is 8.02. The predicted octanol–water partition coefficient (Wildman–Crippen LogP) is 2.12. The molecule has 0 radical (unpaired) electrons. The third kappa shape index (κ3) is 2.36. The van der Waals surface area contributed by atoms with E-state index >= 15 is 0 Å². The minimum atomic E-state index is -0.710. The Bertz CT molecular complexity index is 649. The molecule has 0 N–H and O–H groups in total. The van der Waals surface area contributed by atoms with Crippen LogP contribution in [-0.2, 0) is 14.3 Å². The molecule has 0 aromatic carbocycles. The fourth-order valence-corrected chi connectivity index (χ4v) is 4.01. The van der Waals surface area contributed by atoms with E-state index in [4.69, 9.17) is 0 Å². The number of methoxy groups -OCH3 is 1. The number of rotatable bonds is 2. The van der Waals surface area contributed by atoms with Gasteiger partial charge in [-0.1, -0.05) is 6.42 Å². The lowest BCUT2D eigenvalue weighted by molar-refractivity contribution is -0.135. The second-order valence-corrected chi connectivity index (χ2v) is 5.74. The highest BCUT2D eigenvalue weighted by Gasteiger charge is 2.44. The quantitative estimate of drug-likeness (QED) is 0.441. The monoisotopic (exact) mass is 302 g/mol. The first-order valence-electron chi connectivity index (χ1n) is 6.55. The van der Waals surface area contributed by atoms with E-state index in [1.807, 2.05) is 12.1 Å². The molecule has 0 saturated heterocycles. The zero-order valence-corrected chi connectivity index (χ0v) is 12.6. The molecule has 5 nitrogen and oxygen atoms in total. The predicted molar refractivity (Wildman–Crippen MR) is 76.6 cm³/mol. The van der Waals surface area contributed by atoms with Crippen molar-refractivity contribution in [3.63, 3.8) is 0 Å². The van der Waals surface area contributed by atoms with Crippen molar-refractivity contribution in [2.45, 2.75) is 19.3 Å². The summed E-state index contributed by atoms with van der Waals surface area (Å²) in [6, 6.07) is 3.88. The fourth-order valence-electron chi connectivity index (χ4n) is 3.13. The molecule has 1 saturated carbocycles. The lowest BCUT2D eigenvalue weighted by atomic mass is 9.67. The second kappa shape index (κ2) is 6.15. The lowest BCUT2D eigenvalue weighted by Gasteiger charge is -2.37. The Balaban J connectivity index is 2.72. The van der Waals surface area contributed by atoms with E-state index in [9.17, 15) is 20.1 Å². The van der Waals surface area contributed by atoms with Crippen molar-refractivity contribution >= 4 is 23.5 Å². The van der Waals surface area contributed by atoms with Gasteiger partial charge in [-0.2, -0.15) is 10.5 Å². The molecule has 0 aromatic rings. The molecule has 0 aromatic heterocycles. The van der Waals surface area contributed by atoms with Crippen molar-refractivity contribution in [3.8, 4) is 12.1 Å². The lowest BCUT2D eigenvalue weighted by Crippen LogP contribution is -2.35. The van der Waals surface area contributed by atoms with E-state index in [1.165, 1.54) is 18.9 Å². The molecule has 0 heterocycles. The third-order valence-corrected chi connectivity index (χ3v) is 4.91. The topological polar surface area (TPSA) is 90.9 Å². The van der Waals surface area contributed by atoms with Crippen LogP contribution in [0.1, 0.15) is 19.3 Å². The van der Waals surface area contributed by atoms with Gasteiger partial charge >= 0.3 is 5.97 Å². The Labute approximate surface area is 127 Å². The van der Waals surface area contributed by atoms with Gasteiger partial charge in [0.15, 0.2) is 5.78 Å². The number of nitriles is 2. The summed E-state index contributed by atoms with van der Waals surface area (Å²) in [4.78, 5) is 25.0. The zero-order valence-electron chi connectivity index (χ0n) is 11.8. The SMILES string of the molecule is COC(=O)C(C#N)=C1C2CCCC1C(SC)=C(C#N)C2=O. The zero-order chi connectivity index (χ0) is 15.6. The van der Waals surface area contributed by atoms with Gasteiger partial charge in [-0.15, -0.1) is 11.8 Å². The highest BCUT2D eigenvalue weighted by atomic mass is 32.2. The molecule has 6 heteroatoms. The van der Waals surface area contributed by atoms with Gasteiger partial charge in [-0.05, 0) is 24.7 Å². The molecule has 0 aliphatic heterocycles. The normalized spacial score (nSPS) is 26.8. The minimum Gasteiger partial charge on any atom is -0.465 e. The standard InChI is InChI=1S/C15H14N2O3S/c1-20-15(19)10(6-16)12-8-4-3-5-9(12)14(21-2)11(7-17)13(8)18/h8-9H,3-5H2,1-2H3. The molecule has 2 atom stereocenters. The van der Waals surface area contributed by atoms with Gasteiger partial charge in [0.25, 0.3) is 0 Å².